The van der Waals surface area contributed by atoms with Crippen LogP contribution in [-0.4, -0.2) is 83.8 Å². The average molecular weight is 766 g/mol. The minimum Gasteiger partial charge on any atom is -0.276 e. The molecule has 0 aliphatic heterocycles. The Balaban J connectivity index is 0.000000634. The first-order chi connectivity index (χ1) is 25.2. The third kappa shape index (κ3) is 18.7. The third-order valence-electron chi connectivity index (χ3n) is 7.46. The maximum Gasteiger partial charge on any atom is 0.153 e. The molecule has 17 nitrogen and oxygen atoms in total. The summed E-state index contributed by atoms with van der Waals surface area (Å²) in [5, 5.41) is 27.9. The molecule has 0 unspecified atom stereocenters. The van der Waals surface area contributed by atoms with Crippen LogP contribution in [0.2, 0.25) is 0 Å². The van der Waals surface area contributed by atoms with Crippen LogP contribution < -0.4 is 0 Å². The van der Waals surface area contributed by atoms with Gasteiger partial charge in [-0.3, -0.25) is 28.1 Å². The van der Waals surface area contributed by atoms with E-state index in [1.807, 2.05) is 59.2 Å². The zero-order chi connectivity index (χ0) is 41.1. The quantitative estimate of drug-likeness (QED) is 0.173. The van der Waals surface area contributed by atoms with E-state index in [2.05, 4.69) is 139 Å². The van der Waals surface area contributed by atoms with E-state index < -0.39 is 0 Å². The van der Waals surface area contributed by atoms with Crippen molar-refractivity contribution >= 4 is 0 Å². The topological polar surface area (TPSA) is 171 Å². The SMILES string of the molecule is C.CC(C)c1ccn(C)n1.CC(C)c1cnnn1C.CC(C)c1ncn(C)n1.CC(C)c1ncn(C)n1.CC(C)c1ncnn1C.CC(C)c1ncnn1C. The minimum absolute atomic E-state index is 0. The highest BCUT2D eigenvalue weighted by Gasteiger charge is 2.05. The number of hydrogen-bond acceptors (Lipinski definition) is 11. The lowest BCUT2D eigenvalue weighted by molar-refractivity contribution is 0.648. The van der Waals surface area contributed by atoms with Gasteiger partial charge in [0.1, 0.15) is 37.0 Å². The zero-order valence-electron chi connectivity index (χ0n) is 36.1. The molecule has 0 saturated carbocycles. The smallest absolute Gasteiger partial charge is 0.153 e. The second-order valence-electron chi connectivity index (χ2n) is 14.7. The van der Waals surface area contributed by atoms with Crippen LogP contribution in [0.25, 0.3) is 0 Å². The Hall–Kier alpha value is -5.09. The van der Waals surface area contributed by atoms with Crippen molar-refractivity contribution in [3.05, 3.63) is 78.5 Å². The van der Waals surface area contributed by atoms with Crippen LogP contribution in [0.4, 0.5) is 0 Å². The van der Waals surface area contributed by atoms with Crippen molar-refractivity contribution < 1.29 is 0 Å². The van der Waals surface area contributed by atoms with Gasteiger partial charge in [0.2, 0.25) is 0 Å². The van der Waals surface area contributed by atoms with Gasteiger partial charge >= 0.3 is 0 Å². The van der Waals surface area contributed by atoms with Crippen molar-refractivity contribution in [2.75, 3.05) is 0 Å². The fourth-order valence-corrected chi connectivity index (χ4v) is 4.46. The molecule has 0 radical (unpaired) electrons. The number of aryl methyl sites for hydroxylation is 6. The molecular formula is C38H71N17. The van der Waals surface area contributed by atoms with E-state index >= 15 is 0 Å². The first-order valence-electron chi connectivity index (χ1n) is 18.5. The molecule has 308 valence electrons. The van der Waals surface area contributed by atoms with E-state index in [1.54, 1.807) is 54.9 Å². The Labute approximate surface area is 330 Å². The van der Waals surface area contributed by atoms with Crippen molar-refractivity contribution in [1.29, 1.82) is 0 Å². The first kappa shape index (κ1) is 49.9. The van der Waals surface area contributed by atoms with E-state index in [0.29, 0.717) is 35.5 Å². The molecule has 55 heavy (non-hydrogen) atoms. The van der Waals surface area contributed by atoms with Crippen LogP contribution >= 0.6 is 0 Å². The molecule has 6 aromatic heterocycles. The molecule has 0 atom stereocenters. The lowest BCUT2D eigenvalue weighted by atomic mass is 10.1. The van der Waals surface area contributed by atoms with Gasteiger partial charge in [0.15, 0.2) is 11.6 Å². The summed E-state index contributed by atoms with van der Waals surface area (Å²) in [5.74, 6) is 6.78. The summed E-state index contributed by atoms with van der Waals surface area (Å²) in [6.45, 7) is 25.2. The standard InChI is InChI=1S/C7H12N2.5C6H11N3.CH4/c1-6(2)7-4-5-9(3)8-7;2*1-5(2)6-7-4-9(3)8-6;2*1-5(2)6-7-4-8-9(6)3;1-5(2)6-4-7-8-9(6)3;/h4-6H,1-3H3;5*4-5H,1-3H3;1H4. The van der Waals surface area contributed by atoms with E-state index in [1.165, 1.54) is 5.69 Å². The van der Waals surface area contributed by atoms with Gasteiger partial charge in [-0.05, 0) is 17.9 Å². The van der Waals surface area contributed by atoms with Crippen LogP contribution in [-0.2, 0) is 42.3 Å². The van der Waals surface area contributed by atoms with E-state index in [0.717, 1.165) is 29.0 Å². The maximum absolute atomic E-state index is 4.23. The van der Waals surface area contributed by atoms with Crippen molar-refractivity contribution in [3.8, 4) is 0 Å². The Bertz CT molecular complexity index is 1620. The molecular weight excluding hydrogens is 695 g/mol. The van der Waals surface area contributed by atoms with Crippen LogP contribution in [0.1, 0.15) is 161 Å². The third-order valence-corrected chi connectivity index (χ3v) is 7.46. The number of rotatable bonds is 6. The molecule has 6 heterocycles. The van der Waals surface area contributed by atoms with Crippen molar-refractivity contribution in [1.82, 2.24) is 83.8 Å². The van der Waals surface area contributed by atoms with Gasteiger partial charge in [-0.2, -0.15) is 25.5 Å². The van der Waals surface area contributed by atoms with E-state index in [4.69, 9.17) is 0 Å². The van der Waals surface area contributed by atoms with Crippen molar-refractivity contribution in [3.63, 3.8) is 0 Å². The monoisotopic (exact) mass is 766 g/mol. The minimum atomic E-state index is 0. The molecule has 6 rings (SSSR count). The summed E-state index contributed by atoms with van der Waals surface area (Å²) in [7, 11) is 11.4. The van der Waals surface area contributed by atoms with E-state index in [9.17, 15) is 0 Å². The van der Waals surface area contributed by atoms with Gasteiger partial charge in [0, 0.05) is 72.2 Å². The Morgan fingerprint density at radius 1 is 0.473 bits per heavy atom. The first-order valence-corrected chi connectivity index (χ1v) is 18.5. The normalized spacial score (nSPS) is 10.5. The Morgan fingerprint density at radius 2 is 0.909 bits per heavy atom. The molecule has 0 bridgehead atoms. The van der Waals surface area contributed by atoms with Gasteiger partial charge in [-0.25, -0.2) is 19.9 Å². The fraction of sp³-hybridized carbons (Fsp3) is 0.658. The molecule has 0 amide bonds. The summed E-state index contributed by atoms with van der Waals surface area (Å²) < 4.78 is 10.7. The highest BCUT2D eigenvalue weighted by molar-refractivity contribution is 5.03. The van der Waals surface area contributed by atoms with Gasteiger partial charge in [0.05, 0.1) is 17.6 Å². The second-order valence-corrected chi connectivity index (χ2v) is 14.7. The Kier molecular flexibility index (Phi) is 22.8. The highest BCUT2D eigenvalue weighted by Crippen LogP contribution is 2.11. The Morgan fingerprint density at radius 3 is 1.05 bits per heavy atom. The molecule has 0 aromatic carbocycles. The van der Waals surface area contributed by atoms with Crippen LogP contribution in [0, 0.1) is 0 Å². The van der Waals surface area contributed by atoms with Crippen molar-refractivity contribution in [2.24, 2.45) is 42.3 Å². The summed E-state index contributed by atoms with van der Waals surface area (Å²) >= 11 is 0. The number of nitrogens with zero attached hydrogens (tertiary/aromatic N) is 17. The van der Waals surface area contributed by atoms with Crippen LogP contribution in [0.5, 0.6) is 0 Å². The van der Waals surface area contributed by atoms with Gasteiger partial charge < -0.3 is 0 Å². The van der Waals surface area contributed by atoms with Gasteiger partial charge in [-0.15, -0.1) is 5.10 Å². The summed E-state index contributed by atoms with van der Waals surface area (Å²) in [6, 6.07) is 2.05. The predicted octanol–water partition coefficient (Wildman–Crippen LogP) is 6.87. The summed E-state index contributed by atoms with van der Waals surface area (Å²) in [6.07, 6.45) is 10.4. The fourth-order valence-electron chi connectivity index (χ4n) is 4.46. The maximum atomic E-state index is 4.23. The molecule has 0 saturated heterocycles. The summed E-state index contributed by atoms with van der Waals surface area (Å²) in [4.78, 5) is 16.3. The average Bonchev–Trinajstić information content (AvgIpc) is 3.93. The second kappa shape index (κ2) is 25.1. The van der Waals surface area contributed by atoms with Crippen LogP contribution in [0.3, 0.4) is 0 Å². The number of hydrogen-bond donors (Lipinski definition) is 0. The molecule has 0 spiro atoms. The van der Waals surface area contributed by atoms with Gasteiger partial charge in [0.25, 0.3) is 0 Å². The molecule has 17 heteroatoms. The predicted molar refractivity (Wildman–Crippen MR) is 219 cm³/mol. The molecule has 6 aromatic rings. The van der Waals surface area contributed by atoms with Gasteiger partial charge in [-0.1, -0.05) is 95.7 Å². The lowest BCUT2D eigenvalue weighted by Gasteiger charge is -2.01. The summed E-state index contributed by atoms with van der Waals surface area (Å²) in [5.41, 5.74) is 2.34. The largest absolute Gasteiger partial charge is 0.276 e. The zero-order valence-corrected chi connectivity index (χ0v) is 36.1. The highest BCUT2D eigenvalue weighted by atomic mass is 15.4. The van der Waals surface area contributed by atoms with E-state index in [-0.39, 0.29) is 7.43 Å². The lowest BCUT2D eigenvalue weighted by Crippen LogP contribution is -2.00. The molecule has 0 fully saturated rings. The van der Waals surface area contributed by atoms with Crippen LogP contribution in [0.15, 0.2) is 43.8 Å². The molecule has 0 N–H and O–H groups in total. The number of aromatic nitrogens is 17. The molecule has 0 aliphatic carbocycles. The molecule has 0 aliphatic rings. The van der Waals surface area contributed by atoms with Crippen molar-refractivity contribution in [2.45, 2.75) is 126 Å².